The largest absolute Gasteiger partial charge is 0.379 e. The van der Waals surface area contributed by atoms with Gasteiger partial charge in [-0.05, 0) is 19.8 Å². The van der Waals surface area contributed by atoms with E-state index in [2.05, 4.69) is 17.1 Å². The molecule has 2 fully saturated rings. The van der Waals surface area contributed by atoms with Crippen LogP contribution >= 0.6 is 0 Å². The van der Waals surface area contributed by atoms with Crippen LogP contribution in [-0.4, -0.2) is 49.7 Å². The van der Waals surface area contributed by atoms with Gasteiger partial charge in [0.25, 0.3) is 0 Å². The molecule has 4 heteroatoms. The Morgan fingerprint density at radius 2 is 2.00 bits per heavy atom. The maximum absolute atomic E-state index is 11.9. The van der Waals surface area contributed by atoms with Gasteiger partial charge in [-0.15, -0.1) is 0 Å². The molecule has 2 rings (SSSR count). The molecule has 0 aromatic heterocycles. The zero-order valence-electron chi connectivity index (χ0n) is 10.8. The van der Waals surface area contributed by atoms with E-state index in [1.165, 1.54) is 12.8 Å². The SMILES string of the molecule is CC(CN1CCOCC1)NC(=O)C1CCCC1. The Hall–Kier alpha value is -0.610. The highest BCUT2D eigenvalue weighted by atomic mass is 16.5. The normalized spacial score (nSPS) is 24.8. The molecule has 4 nitrogen and oxygen atoms in total. The highest BCUT2D eigenvalue weighted by Crippen LogP contribution is 2.24. The average Bonchev–Trinajstić information content (AvgIpc) is 2.83. The van der Waals surface area contributed by atoms with Crippen molar-refractivity contribution in [2.45, 2.75) is 38.6 Å². The number of nitrogens with one attached hydrogen (secondary N) is 1. The van der Waals surface area contributed by atoms with Gasteiger partial charge in [0.2, 0.25) is 5.91 Å². The van der Waals surface area contributed by atoms with Crippen LogP contribution < -0.4 is 5.32 Å². The quantitative estimate of drug-likeness (QED) is 0.797. The van der Waals surface area contributed by atoms with E-state index in [0.717, 1.165) is 45.7 Å². The van der Waals surface area contributed by atoms with E-state index in [1.54, 1.807) is 0 Å². The molecule has 0 radical (unpaired) electrons. The molecule has 17 heavy (non-hydrogen) atoms. The third kappa shape index (κ3) is 3.96. The van der Waals surface area contributed by atoms with Crippen molar-refractivity contribution in [2.75, 3.05) is 32.8 Å². The number of carbonyl (C=O) groups is 1. The molecule has 1 aliphatic carbocycles. The Labute approximate surface area is 104 Å². The first-order valence-electron chi connectivity index (χ1n) is 6.86. The van der Waals surface area contributed by atoms with Gasteiger partial charge in [-0.2, -0.15) is 0 Å². The molecule has 1 N–H and O–H groups in total. The highest BCUT2D eigenvalue weighted by molar-refractivity contribution is 5.79. The molecule has 0 aromatic carbocycles. The van der Waals surface area contributed by atoms with Gasteiger partial charge in [0.1, 0.15) is 0 Å². The minimum atomic E-state index is 0.251. The summed E-state index contributed by atoms with van der Waals surface area (Å²) in [4.78, 5) is 14.3. The molecule has 1 atom stereocenters. The summed E-state index contributed by atoms with van der Waals surface area (Å²) in [7, 11) is 0. The van der Waals surface area contributed by atoms with Crippen LogP contribution in [0.25, 0.3) is 0 Å². The Morgan fingerprint density at radius 3 is 2.65 bits per heavy atom. The van der Waals surface area contributed by atoms with Crippen molar-refractivity contribution in [3.8, 4) is 0 Å². The molecule has 1 saturated heterocycles. The molecule has 1 aliphatic heterocycles. The van der Waals surface area contributed by atoms with Crippen molar-refractivity contribution >= 4 is 5.91 Å². The molecule has 2 aliphatic rings. The third-order valence-electron chi connectivity index (χ3n) is 3.75. The smallest absolute Gasteiger partial charge is 0.223 e. The topological polar surface area (TPSA) is 41.6 Å². The number of rotatable bonds is 4. The number of ether oxygens (including phenoxy) is 1. The van der Waals surface area contributed by atoms with Crippen LogP contribution in [0.5, 0.6) is 0 Å². The molecule has 98 valence electrons. The molecule has 1 heterocycles. The lowest BCUT2D eigenvalue weighted by molar-refractivity contribution is -0.125. The lowest BCUT2D eigenvalue weighted by Gasteiger charge is -2.29. The molecule has 0 bridgehead atoms. The van der Waals surface area contributed by atoms with Crippen molar-refractivity contribution in [2.24, 2.45) is 5.92 Å². The second kappa shape index (κ2) is 6.36. The van der Waals surface area contributed by atoms with Crippen LogP contribution in [0, 0.1) is 5.92 Å². The van der Waals surface area contributed by atoms with Gasteiger partial charge in [-0.3, -0.25) is 9.69 Å². The number of morpholine rings is 1. The molecular weight excluding hydrogens is 216 g/mol. The highest BCUT2D eigenvalue weighted by Gasteiger charge is 2.24. The van der Waals surface area contributed by atoms with Gasteiger partial charge >= 0.3 is 0 Å². The summed E-state index contributed by atoms with van der Waals surface area (Å²) in [5.74, 6) is 0.547. The van der Waals surface area contributed by atoms with Crippen molar-refractivity contribution < 1.29 is 9.53 Å². The second-order valence-corrected chi connectivity index (χ2v) is 5.30. The number of nitrogens with zero attached hydrogens (tertiary/aromatic N) is 1. The average molecular weight is 240 g/mol. The first kappa shape index (κ1) is 12.8. The summed E-state index contributed by atoms with van der Waals surface area (Å²) in [6, 6.07) is 0.251. The predicted molar refractivity (Wildman–Crippen MR) is 66.8 cm³/mol. The second-order valence-electron chi connectivity index (χ2n) is 5.30. The van der Waals surface area contributed by atoms with E-state index in [-0.39, 0.29) is 17.9 Å². The number of hydrogen-bond donors (Lipinski definition) is 1. The van der Waals surface area contributed by atoms with E-state index in [9.17, 15) is 4.79 Å². The number of hydrogen-bond acceptors (Lipinski definition) is 3. The van der Waals surface area contributed by atoms with Crippen molar-refractivity contribution in [1.29, 1.82) is 0 Å². The van der Waals surface area contributed by atoms with Gasteiger partial charge in [0.05, 0.1) is 13.2 Å². The van der Waals surface area contributed by atoms with Gasteiger partial charge in [0.15, 0.2) is 0 Å². The minimum absolute atomic E-state index is 0.251. The van der Waals surface area contributed by atoms with Crippen LogP contribution in [-0.2, 0) is 9.53 Å². The standard InChI is InChI=1S/C13H24N2O2/c1-11(10-15-6-8-17-9-7-15)14-13(16)12-4-2-3-5-12/h11-12H,2-10H2,1H3,(H,14,16). The summed E-state index contributed by atoms with van der Waals surface area (Å²) in [6.45, 7) is 6.67. The van der Waals surface area contributed by atoms with Gasteiger partial charge in [-0.1, -0.05) is 12.8 Å². The van der Waals surface area contributed by atoms with Crippen LogP contribution in [0.4, 0.5) is 0 Å². The lowest BCUT2D eigenvalue weighted by atomic mass is 10.1. The van der Waals surface area contributed by atoms with Crippen LogP contribution in [0.2, 0.25) is 0 Å². The van der Waals surface area contributed by atoms with Crippen molar-refractivity contribution in [3.63, 3.8) is 0 Å². The minimum Gasteiger partial charge on any atom is -0.379 e. The maximum atomic E-state index is 11.9. The lowest BCUT2D eigenvalue weighted by Crippen LogP contribution is -2.47. The Balaban J connectivity index is 1.68. The summed E-state index contributed by atoms with van der Waals surface area (Å²) in [5, 5.41) is 3.15. The fourth-order valence-corrected chi connectivity index (χ4v) is 2.77. The fraction of sp³-hybridized carbons (Fsp3) is 0.923. The fourth-order valence-electron chi connectivity index (χ4n) is 2.77. The number of amides is 1. The molecule has 0 aromatic rings. The first-order valence-corrected chi connectivity index (χ1v) is 6.86. The van der Waals surface area contributed by atoms with E-state index in [1.807, 2.05) is 0 Å². The van der Waals surface area contributed by atoms with Gasteiger partial charge in [-0.25, -0.2) is 0 Å². The van der Waals surface area contributed by atoms with Crippen LogP contribution in [0.15, 0.2) is 0 Å². The number of carbonyl (C=O) groups excluding carboxylic acids is 1. The molecular formula is C13H24N2O2. The molecule has 1 amide bonds. The van der Waals surface area contributed by atoms with E-state index in [0.29, 0.717) is 0 Å². The van der Waals surface area contributed by atoms with Gasteiger partial charge in [0, 0.05) is 31.6 Å². The summed E-state index contributed by atoms with van der Waals surface area (Å²) in [5.41, 5.74) is 0. The maximum Gasteiger partial charge on any atom is 0.223 e. The summed E-state index contributed by atoms with van der Waals surface area (Å²) in [6.07, 6.45) is 4.60. The van der Waals surface area contributed by atoms with Crippen molar-refractivity contribution in [1.82, 2.24) is 10.2 Å². The molecule has 0 spiro atoms. The predicted octanol–water partition coefficient (Wildman–Crippen LogP) is 1.01. The summed E-state index contributed by atoms with van der Waals surface area (Å²) < 4.78 is 5.31. The van der Waals surface area contributed by atoms with E-state index < -0.39 is 0 Å². The zero-order valence-corrected chi connectivity index (χ0v) is 10.8. The Morgan fingerprint density at radius 1 is 1.35 bits per heavy atom. The Bertz CT molecular complexity index is 246. The Kier molecular flexibility index (Phi) is 4.80. The zero-order chi connectivity index (χ0) is 12.1. The van der Waals surface area contributed by atoms with Crippen molar-refractivity contribution in [3.05, 3.63) is 0 Å². The molecule has 1 saturated carbocycles. The molecule has 1 unspecified atom stereocenters. The van der Waals surface area contributed by atoms with E-state index >= 15 is 0 Å². The third-order valence-corrected chi connectivity index (χ3v) is 3.75. The summed E-state index contributed by atoms with van der Waals surface area (Å²) >= 11 is 0. The first-order chi connectivity index (χ1) is 8.25. The van der Waals surface area contributed by atoms with Crippen LogP contribution in [0.1, 0.15) is 32.6 Å². The van der Waals surface area contributed by atoms with Gasteiger partial charge < -0.3 is 10.1 Å². The van der Waals surface area contributed by atoms with E-state index in [4.69, 9.17) is 4.74 Å². The van der Waals surface area contributed by atoms with Crippen LogP contribution in [0.3, 0.4) is 0 Å². The monoisotopic (exact) mass is 240 g/mol.